The molecule has 20 heavy (non-hydrogen) atoms. The minimum absolute atomic E-state index is 0.170. The Morgan fingerprint density at radius 2 is 1.85 bits per heavy atom. The standard InChI is InChI=1S/C15H15FO4/c1-3-20-15(18)12(6-9-14(17)19-2)10-11-4-7-13(16)8-5-11/h4-10H,3H2,1-2H3/b9-6+,12-10-. The zero-order chi connectivity index (χ0) is 15.0. The quantitative estimate of drug-likeness (QED) is 0.472. The van der Waals surface area contributed by atoms with Gasteiger partial charge in [0, 0.05) is 6.08 Å². The average Bonchev–Trinajstić information content (AvgIpc) is 2.45. The van der Waals surface area contributed by atoms with E-state index < -0.39 is 11.9 Å². The van der Waals surface area contributed by atoms with E-state index in [1.807, 2.05) is 0 Å². The van der Waals surface area contributed by atoms with Crippen LogP contribution in [0, 0.1) is 5.82 Å². The fourth-order valence-electron chi connectivity index (χ4n) is 1.35. The highest BCUT2D eigenvalue weighted by molar-refractivity contribution is 5.98. The van der Waals surface area contributed by atoms with Crippen LogP contribution in [0.15, 0.2) is 42.0 Å². The van der Waals surface area contributed by atoms with Gasteiger partial charge in [-0.05, 0) is 36.8 Å². The van der Waals surface area contributed by atoms with Gasteiger partial charge in [0.2, 0.25) is 0 Å². The van der Waals surface area contributed by atoms with E-state index in [4.69, 9.17) is 4.74 Å². The van der Waals surface area contributed by atoms with E-state index in [0.717, 1.165) is 6.08 Å². The molecule has 106 valence electrons. The first kappa shape index (κ1) is 15.6. The van der Waals surface area contributed by atoms with Crippen LogP contribution in [-0.4, -0.2) is 25.7 Å². The molecule has 0 saturated carbocycles. The Bertz CT molecular complexity index is 529. The van der Waals surface area contributed by atoms with Gasteiger partial charge in [0.15, 0.2) is 0 Å². The van der Waals surface area contributed by atoms with Crippen molar-refractivity contribution in [1.29, 1.82) is 0 Å². The van der Waals surface area contributed by atoms with Crippen LogP contribution in [0.3, 0.4) is 0 Å². The van der Waals surface area contributed by atoms with Gasteiger partial charge in [0.05, 0.1) is 19.3 Å². The van der Waals surface area contributed by atoms with Crippen LogP contribution >= 0.6 is 0 Å². The lowest BCUT2D eigenvalue weighted by Gasteiger charge is -2.03. The van der Waals surface area contributed by atoms with Crippen LogP contribution in [0.25, 0.3) is 6.08 Å². The van der Waals surface area contributed by atoms with Gasteiger partial charge in [-0.25, -0.2) is 14.0 Å². The number of benzene rings is 1. The lowest BCUT2D eigenvalue weighted by Crippen LogP contribution is -2.06. The van der Waals surface area contributed by atoms with Crippen LogP contribution in [0.1, 0.15) is 12.5 Å². The van der Waals surface area contributed by atoms with Crippen molar-refractivity contribution in [1.82, 2.24) is 0 Å². The number of carbonyl (C=O) groups is 2. The van der Waals surface area contributed by atoms with E-state index in [0.29, 0.717) is 5.56 Å². The third kappa shape index (κ3) is 5.06. The fraction of sp³-hybridized carbons (Fsp3) is 0.200. The molecule has 0 bridgehead atoms. The second-order valence-electron chi connectivity index (χ2n) is 3.73. The Morgan fingerprint density at radius 3 is 2.40 bits per heavy atom. The third-order valence-electron chi connectivity index (χ3n) is 2.30. The molecule has 0 aliphatic heterocycles. The SMILES string of the molecule is CCOC(=O)C(=C\c1ccc(F)cc1)/C=C/C(=O)OC. The summed E-state index contributed by atoms with van der Waals surface area (Å²) in [5, 5.41) is 0. The van der Waals surface area contributed by atoms with E-state index in [1.165, 1.54) is 43.5 Å². The molecule has 0 aromatic heterocycles. The number of hydrogen-bond acceptors (Lipinski definition) is 4. The maximum atomic E-state index is 12.8. The highest BCUT2D eigenvalue weighted by atomic mass is 19.1. The highest BCUT2D eigenvalue weighted by Gasteiger charge is 2.08. The predicted octanol–water partition coefficient (Wildman–Crippen LogP) is 2.50. The van der Waals surface area contributed by atoms with Gasteiger partial charge in [-0.3, -0.25) is 0 Å². The first-order valence-corrected chi connectivity index (χ1v) is 5.97. The van der Waals surface area contributed by atoms with E-state index in [2.05, 4.69) is 4.74 Å². The Kier molecular flexibility index (Phi) is 6.16. The predicted molar refractivity (Wildman–Crippen MR) is 72.2 cm³/mol. The zero-order valence-corrected chi connectivity index (χ0v) is 11.3. The first-order chi connectivity index (χ1) is 9.56. The van der Waals surface area contributed by atoms with Crippen LogP contribution in [0.4, 0.5) is 4.39 Å². The van der Waals surface area contributed by atoms with Gasteiger partial charge >= 0.3 is 11.9 Å². The van der Waals surface area contributed by atoms with Crippen molar-refractivity contribution in [3.05, 3.63) is 53.4 Å². The minimum atomic E-state index is -0.584. The molecular weight excluding hydrogens is 263 g/mol. The van der Waals surface area contributed by atoms with Crippen LogP contribution in [0.5, 0.6) is 0 Å². The number of methoxy groups -OCH3 is 1. The van der Waals surface area contributed by atoms with E-state index in [-0.39, 0.29) is 18.0 Å². The summed E-state index contributed by atoms with van der Waals surface area (Å²) in [4.78, 5) is 22.8. The summed E-state index contributed by atoms with van der Waals surface area (Å²) in [6.07, 6.45) is 3.91. The van der Waals surface area contributed by atoms with E-state index >= 15 is 0 Å². The summed E-state index contributed by atoms with van der Waals surface area (Å²) >= 11 is 0. The van der Waals surface area contributed by atoms with Crippen molar-refractivity contribution in [3.63, 3.8) is 0 Å². The van der Waals surface area contributed by atoms with Crippen LogP contribution < -0.4 is 0 Å². The van der Waals surface area contributed by atoms with Gasteiger partial charge in [-0.15, -0.1) is 0 Å². The summed E-state index contributed by atoms with van der Waals surface area (Å²) < 4.78 is 22.1. The summed E-state index contributed by atoms with van der Waals surface area (Å²) in [5.41, 5.74) is 0.785. The number of hydrogen-bond donors (Lipinski definition) is 0. The average molecular weight is 278 g/mol. The molecule has 1 aromatic rings. The summed E-state index contributed by atoms with van der Waals surface area (Å²) in [5.74, 6) is -1.53. The van der Waals surface area contributed by atoms with Crippen molar-refractivity contribution >= 4 is 18.0 Å². The zero-order valence-electron chi connectivity index (χ0n) is 11.3. The maximum Gasteiger partial charge on any atom is 0.338 e. The number of ether oxygens (including phenoxy) is 2. The number of rotatable bonds is 5. The topological polar surface area (TPSA) is 52.6 Å². The smallest absolute Gasteiger partial charge is 0.338 e. The van der Waals surface area contributed by atoms with Gasteiger partial charge in [0.25, 0.3) is 0 Å². The van der Waals surface area contributed by atoms with Crippen molar-refractivity contribution in [2.24, 2.45) is 0 Å². The van der Waals surface area contributed by atoms with Gasteiger partial charge < -0.3 is 9.47 Å². The van der Waals surface area contributed by atoms with Gasteiger partial charge in [0.1, 0.15) is 5.82 Å². The number of esters is 2. The van der Waals surface area contributed by atoms with Crippen molar-refractivity contribution in [2.45, 2.75) is 6.92 Å². The monoisotopic (exact) mass is 278 g/mol. The number of carbonyl (C=O) groups excluding carboxylic acids is 2. The van der Waals surface area contributed by atoms with E-state index in [1.54, 1.807) is 6.92 Å². The van der Waals surface area contributed by atoms with Crippen LogP contribution in [0.2, 0.25) is 0 Å². The molecule has 5 heteroatoms. The first-order valence-electron chi connectivity index (χ1n) is 5.97. The fourth-order valence-corrected chi connectivity index (χ4v) is 1.35. The van der Waals surface area contributed by atoms with Crippen molar-refractivity contribution in [2.75, 3.05) is 13.7 Å². The third-order valence-corrected chi connectivity index (χ3v) is 2.30. The molecule has 0 heterocycles. The molecule has 1 aromatic carbocycles. The molecule has 0 saturated heterocycles. The maximum absolute atomic E-state index is 12.8. The van der Waals surface area contributed by atoms with Crippen LogP contribution in [-0.2, 0) is 19.1 Å². The Balaban J connectivity index is 3.03. The lowest BCUT2D eigenvalue weighted by molar-refractivity contribution is -0.138. The lowest BCUT2D eigenvalue weighted by atomic mass is 10.1. The number of halogens is 1. The highest BCUT2D eigenvalue weighted by Crippen LogP contribution is 2.11. The normalized spacial score (nSPS) is 11.4. The molecular formula is C15H15FO4. The molecule has 0 unspecified atom stereocenters. The summed E-state index contributed by atoms with van der Waals surface area (Å²) in [6.45, 7) is 1.89. The minimum Gasteiger partial charge on any atom is -0.466 e. The molecule has 0 aliphatic rings. The Hall–Kier alpha value is -2.43. The van der Waals surface area contributed by atoms with Gasteiger partial charge in [-0.1, -0.05) is 12.1 Å². The van der Waals surface area contributed by atoms with Gasteiger partial charge in [-0.2, -0.15) is 0 Å². The second kappa shape index (κ2) is 7.89. The summed E-state index contributed by atoms with van der Waals surface area (Å²) in [6, 6.07) is 5.58. The molecule has 0 fully saturated rings. The summed E-state index contributed by atoms with van der Waals surface area (Å²) in [7, 11) is 1.24. The second-order valence-corrected chi connectivity index (χ2v) is 3.73. The largest absolute Gasteiger partial charge is 0.466 e. The molecule has 0 atom stereocenters. The molecule has 0 amide bonds. The Labute approximate surface area is 116 Å². The van der Waals surface area contributed by atoms with E-state index in [9.17, 15) is 14.0 Å². The molecule has 0 radical (unpaired) electrons. The molecule has 1 rings (SSSR count). The molecule has 0 spiro atoms. The molecule has 0 aliphatic carbocycles. The van der Waals surface area contributed by atoms with Crippen molar-refractivity contribution < 1.29 is 23.5 Å². The molecule has 4 nitrogen and oxygen atoms in total. The molecule has 0 N–H and O–H groups in total. The van der Waals surface area contributed by atoms with Crippen molar-refractivity contribution in [3.8, 4) is 0 Å². The Morgan fingerprint density at radius 1 is 1.20 bits per heavy atom.